The summed E-state index contributed by atoms with van der Waals surface area (Å²) in [6.07, 6.45) is 0.914. The maximum absolute atomic E-state index is 12.7. The fourth-order valence-electron chi connectivity index (χ4n) is 2.41. The van der Waals surface area contributed by atoms with Gasteiger partial charge in [0.05, 0.1) is 17.9 Å². The molecule has 0 heterocycles. The summed E-state index contributed by atoms with van der Waals surface area (Å²) < 4.78 is 11.5. The predicted octanol–water partition coefficient (Wildman–Crippen LogP) is 5.19. The van der Waals surface area contributed by atoms with Crippen molar-refractivity contribution in [1.82, 2.24) is 5.32 Å². The van der Waals surface area contributed by atoms with Gasteiger partial charge in [-0.2, -0.15) is 0 Å². The molecule has 2 N–H and O–H groups in total. The number of anilines is 1. The van der Waals surface area contributed by atoms with Crippen LogP contribution < -0.4 is 20.1 Å². The summed E-state index contributed by atoms with van der Waals surface area (Å²) in [6.45, 7) is 10.9. The smallest absolute Gasteiger partial charge is 0.261 e. The van der Waals surface area contributed by atoms with E-state index in [0.717, 1.165) is 12.0 Å². The monoisotopic (exact) mass is 412 g/mol. The first kappa shape index (κ1) is 22.4. The van der Waals surface area contributed by atoms with Crippen molar-refractivity contribution in [2.75, 3.05) is 18.5 Å². The molecule has 6 heteroatoms. The zero-order chi connectivity index (χ0) is 21.2. The van der Waals surface area contributed by atoms with Crippen molar-refractivity contribution in [3.8, 4) is 11.5 Å². The lowest BCUT2D eigenvalue weighted by Crippen LogP contribution is -2.34. The number of rotatable bonds is 9. The van der Waals surface area contributed by atoms with E-state index < -0.39 is 0 Å². The predicted molar refractivity (Wildman–Crippen MR) is 122 cm³/mol. The lowest BCUT2D eigenvalue weighted by molar-refractivity contribution is 0.0973. The van der Waals surface area contributed by atoms with Gasteiger partial charge in [0.1, 0.15) is 18.1 Å². The summed E-state index contributed by atoms with van der Waals surface area (Å²) in [4.78, 5) is 12.7. The fourth-order valence-corrected chi connectivity index (χ4v) is 2.61. The van der Waals surface area contributed by atoms with E-state index >= 15 is 0 Å². The van der Waals surface area contributed by atoms with Crippen LogP contribution >= 0.6 is 12.2 Å². The number of carbonyl (C=O) groups is 1. The lowest BCUT2D eigenvalue weighted by atomic mass is 10.1. The van der Waals surface area contributed by atoms with E-state index in [1.54, 1.807) is 18.2 Å². The van der Waals surface area contributed by atoms with Gasteiger partial charge in [-0.3, -0.25) is 10.1 Å². The Bertz CT molecular complexity index is 865. The molecule has 0 saturated carbocycles. The Labute approximate surface area is 178 Å². The van der Waals surface area contributed by atoms with Crippen molar-refractivity contribution in [3.05, 3.63) is 66.2 Å². The van der Waals surface area contributed by atoms with Gasteiger partial charge in [0.15, 0.2) is 5.11 Å². The van der Waals surface area contributed by atoms with Crippen LogP contribution in [0.1, 0.15) is 37.6 Å². The SMILES string of the molecule is C=C(C)COc1ccccc1NC(=S)NC(=O)c1ccccc1OCCC(C)C. The first-order valence-electron chi connectivity index (χ1n) is 9.57. The second-order valence-corrected chi connectivity index (χ2v) is 7.59. The van der Waals surface area contributed by atoms with Gasteiger partial charge in [-0.1, -0.05) is 44.7 Å². The Balaban J connectivity index is 2.01. The highest BCUT2D eigenvalue weighted by Crippen LogP contribution is 2.24. The molecule has 0 aliphatic rings. The third kappa shape index (κ3) is 7.58. The van der Waals surface area contributed by atoms with E-state index in [1.807, 2.05) is 37.3 Å². The number of benzene rings is 2. The summed E-state index contributed by atoms with van der Waals surface area (Å²) in [6, 6.07) is 14.5. The molecule has 0 spiro atoms. The summed E-state index contributed by atoms with van der Waals surface area (Å²) in [5, 5.41) is 5.90. The summed E-state index contributed by atoms with van der Waals surface area (Å²) >= 11 is 5.32. The Kier molecular flexibility index (Phi) is 8.68. The van der Waals surface area contributed by atoms with E-state index in [1.165, 1.54) is 0 Å². The normalized spacial score (nSPS) is 10.3. The van der Waals surface area contributed by atoms with E-state index in [9.17, 15) is 4.79 Å². The quantitative estimate of drug-likeness (QED) is 0.438. The van der Waals surface area contributed by atoms with Crippen molar-refractivity contribution >= 4 is 28.9 Å². The lowest BCUT2D eigenvalue weighted by Gasteiger charge is -2.15. The molecular formula is C23H28N2O3S. The fraction of sp³-hybridized carbons (Fsp3) is 0.304. The first-order chi connectivity index (χ1) is 13.9. The summed E-state index contributed by atoms with van der Waals surface area (Å²) in [5.74, 6) is 1.37. The minimum atomic E-state index is -0.331. The van der Waals surface area contributed by atoms with Gasteiger partial charge < -0.3 is 14.8 Å². The maximum atomic E-state index is 12.7. The minimum Gasteiger partial charge on any atom is -0.493 e. The molecule has 29 heavy (non-hydrogen) atoms. The number of para-hydroxylation sites is 3. The zero-order valence-corrected chi connectivity index (χ0v) is 18.0. The molecule has 2 rings (SSSR count). The van der Waals surface area contributed by atoms with Crippen molar-refractivity contribution < 1.29 is 14.3 Å². The van der Waals surface area contributed by atoms with Crippen LogP contribution in [0, 0.1) is 5.92 Å². The van der Waals surface area contributed by atoms with Gasteiger partial charge in [-0.05, 0) is 61.3 Å². The molecule has 0 atom stereocenters. The van der Waals surface area contributed by atoms with Crippen LogP contribution in [0.5, 0.6) is 11.5 Å². The number of thiocarbonyl (C=S) groups is 1. The first-order valence-corrected chi connectivity index (χ1v) is 9.98. The molecule has 0 fully saturated rings. The van der Waals surface area contributed by atoms with Crippen LogP contribution in [0.4, 0.5) is 5.69 Å². The Morgan fingerprint density at radius 3 is 2.41 bits per heavy atom. The number of hydrogen-bond donors (Lipinski definition) is 2. The van der Waals surface area contributed by atoms with E-state index in [2.05, 4.69) is 31.1 Å². The van der Waals surface area contributed by atoms with Gasteiger partial charge in [0, 0.05) is 0 Å². The molecule has 0 bridgehead atoms. The third-order valence-corrected chi connectivity index (χ3v) is 4.12. The number of ether oxygens (including phenoxy) is 2. The molecule has 0 aliphatic carbocycles. The molecule has 0 unspecified atom stereocenters. The average Bonchev–Trinajstić information content (AvgIpc) is 2.67. The highest BCUT2D eigenvalue weighted by atomic mass is 32.1. The number of hydrogen-bond acceptors (Lipinski definition) is 4. The van der Waals surface area contributed by atoms with Crippen LogP contribution in [0.15, 0.2) is 60.7 Å². The largest absolute Gasteiger partial charge is 0.493 e. The van der Waals surface area contributed by atoms with Crippen molar-refractivity contribution in [2.24, 2.45) is 5.92 Å². The Morgan fingerprint density at radius 2 is 1.72 bits per heavy atom. The molecule has 0 radical (unpaired) electrons. The van der Waals surface area contributed by atoms with Crippen molar-refractivity contribution in [2.45, 2.75) is 27.2 Å². The van der Waals surface area contributed by atoms with Crippen molar-refractivity contribution in [1.29, 1.82) is 0 Å². The van der Waals surface area contributed by atoms with E-state index in [4.69, 9.17) is 21.7 Å². The van der Waals surface area contributed by atoms with Crippen LogP contribution in [0.2, 0.25) is 0 Å². The molecule has 0 aliphatic heterocycles. The second kappa shape index (κ2) is 11.2. The summed E-state index contributed by atoms with van der Waals surface area (Å²) in [5.41, 5.74) is 2.01. The van der Waals surface area contributed by atoms with Gasteiger partial charge in [0.25, 0.3) is 5.91 Å². The molecule has 0 aromatic heterocycles. The standard InChI is InChI=1S/C23H28N2O3S/c1-16(2)13-14-27-20-11-7-5-9-18(20)22(26)25-23(29)24-19-10-6-8-12-21(19)28-15-17(3)4/h5-12,16H,3,13-15H2,1-2,4H3,(H2,24,25,26,29). The second-order valence-electron chi connectivity index (χ2n) is 7.18. The Morgan fingerprint density at radius 1 is 1.07 bits per heavy atom. The average molecular weight is 413 g/mol. The summed E-state index contributed by atoms with van der Waals surface area (Å²) in [7, 11) is 0. The molecule has 2 aromatic carbocycles. The van der Waals surface area contributed by atoms with E-state index in [0.29, 0.717) is 41.9 Å². The molecule has 154 valence electrons. The number of amides is 1. The van der Waals surface area contributed by atoms with Gasteiger partial charge >= 0.3 is 0 Å². The van der Waals surface area contributed by atoms with Gasteiger partial charge in [0.2, 0.25) is 0 Å². The maximum Gasteiger partial charge on any atom is 0.261 e. The third-order valence-electron chi connectivity index (χ3n) is 3.92. The molecule has 5 nitrogen and oxygen atoms in total. The van der Waals surface area contributed by atoms with Gasteiger partial charge in [-0.15, -0.1) is 0 Å². The molecule has 2 aromatic rings. The van der Waals surface area contributed by atoms with Crippen molar-refractivity contribution in [3.63, 3.8) is 0 Å². The number of nitrogens with one attached hydrogen (secondary N) is 2. The zero-order valence-electron chi connectivity index (χ0n) is 17.2. The Hall–Kier alpha value is -2.86. The minimum absolute atomic E-state index is 0.179. The van der Waals surface area contributed by atoms with E-state index in [-0.39, 0.29) is 11.0 Å². The highest BCUT2D eigenvalue weighted by Gasteiger charge is 2.14. The van der Waals surface area contributed by atoms with Gasteiger partial charge in [-0.25, -0.2) is 0 Å². The number of carbonyl (C=O) groups excluding carboxylic acids is 1. The van der Waals surface area contributed by atoms with Crippen LogP contribution in [0.3, 0.4) is 0 Å². The molecular weight excluding hydrogens is 384 g/mol. The van der Waals surface area contributed by atoms with Crippen LogP contribution in [0.25, 0.3) is 0 Å². The molecule has 1 amide bonds. The van der Waals surface area contributed by atoms with Crippen LogP contribution in [-0.2, 0) is 0 Å². The molecule has 0 saturated heterocycles. The topological polar surface area (TPSA) is 59.6 Å². The highest BCUT2D eigenvalue weighted by molar-refractivity contribution is 7.80. The van der Waals surface area contributed by atoms with Crippen LogP contribution in [-0.4, -0.2) is 24.2 Å².